The van der Waals surface area contributed by atoms with Gasteiger partial charge in [0.05, 0.1) is 0 Å². The molecule has 1 heterocycles. The van der Waals surface area contributed by atoms with Crippen LogP contribution in [0.15, 0.2) is 10.8 Å². The number of hydrogen-bond donors (Lipinski definition) is 1. The van der Waals surface area contributed by atoms with E-state index in [2.05, 4.69) is 32.8 Å². The van der Waals surface area contributed by atoms with Gasteiger partial charge in [-0.05, 0) is 22.4 Å². The summed E-state index contributed by atoms with van der Waals surface area (Å²) in [5.41, 5.74) is 5.63. The van der Waals surface area contributed by atoms with Crippen molar-refractivity contribution in [1.82, 2.24) is 9.97 Å². The fourth-order valence-electron chi connectivity index (χ4n) is 1.08. The number of hydrogen-bond acceptors (Lipinski definition) is 4. The highest BCUT2D eigenvalue weighted by atomic mass is 79.9. The van der Waals surface area contributed by atoms with Crippen molar-refractivity contribution in [2.24, 2.45) is 0 Å². The van der Waals surface area contributed by atoms with Gasteiger partial charge in [0, 0.05) is 13.6 Å². The Morgan fingerprint density at radius 1 is 1.54 bits per heavy atom. The van der Waals surface area contributed by atoms with Crippen LogP contribution in [0.5, 0.6) is 0 Å². The highest BCUT2D eigenvalue weighted by Crippen LogP contribution is 2.26. The molecule has 2 N–H and O–H groups in total. The predicted molar refractivity (Wildman–Crippen MR) is 57.7 cm³/mol. The fourth-order valence-corrected chi connectivity index (χ4v) is 1.59. The summed E-state index contributed by atoms with van der Waals surface area (Å²) in [6.07, 6.45) is 2.55. The molecule has 0 aliphatic heterocycles. The number of aromatic nitrogens is 2. The molecule has 0 atom stereocenters. The fraction of sp³-hybridized carbons (Fsp3) is 0.500. The van der Waals surface area contributed by atoms with Crippen molar-refractivity contribution < 1.29 is 0 Å². The smallest absolute Gasteiger partial charge is 0.148 e. The van der Waals surface area contributed by atoms with Gasteiger partial charge in [0.2, 0.25) is 0 Å². The first-order chi connectivity index (χ1) is 6.16. The second-order valence-corrected chi connectivity index (χ2v) is 3.61. The molecule has 72 valence electrons. The molecule has 0 bridgehead atoms. The summed E-state index contributed by atoms with van der Waals surface area (Å²) < 4.78 is 0.769. The molecule has 0 radical (unpaired) electrons. The van der Waals surface area contributed by atoms with Gasteiger partial charge in [-0.25, -0.2) is 9.97 Å². The van der Waals surface area contributed by atoms with Crippen LogP contribution < -0.4 is 10.6 Å². The molecule has 0 aliphatic carbocycles. The molecule has 0 saturated carbocycles. The van der Waals surface area contributed by atoms with Gasteiger partial charge in [0.25, 0.3) is 0 Å². The van der Waals surface area contributed by atoms with E-state index < -0.39 is 0 Å². The van der Waals surface area contributed by atoms with E-state index in [1.165, 1.54) is 6.33 Å². The summed E-state index contributed by atoms with van der Waals surface area (Å²) in [6, 6.07) is 0. The van der Waals surface area contributed by atoms with E-state index in [0.29, 0.717) is 5.82 Å². The van der Waals surface area contributed by atoms with Gasteiger partial charge in [-0.1, -0.05) is 6.92 Å². The summed E-state index contributed by atoms with van der Waals surface area (Å²) in [5, 5.41) is 0. The lowest BCUT2D eigenvalue weighted by Crippen LogP contribution is -2.20. The van der Waals surface area contributed by atoms with Gasteiger partial charge >= 0.3 is 0 Å². The second kappa shape index (κ2) is 4.41. The van der Waals surface area contributed by atoms with Crippen molar-refractivity contribution in [1.29, 1.82) is 0 Å². The first-order valence-corrected chi connectivity index (χ1v) is 4.93. The number of nitrogen functional groups attached to an aromatic ring is 1. The van der Waals surface area contributed by atoms with Gasteiger partial charge in [-0.2, -0.15) is 0 Å². The molecule has 0 saturated heterocycles. The van der Waals surface area contributed by atoms with Gasteiger partial charge < -0.3 is 10.6 Å². The van der Waals surface area contributed by atoms with Crippen molar-refractivity contribution in [3.05, 3.63) is 10.8 Å². The summed E-state index contributed by atoms with van der Waals surface area (Å²) in [7, 11) is 1.98. The largest absolute Gasteiger partial charge is 0.383 e. The van der Waals surface area contributed by atoms with Crippen LogP contribution >= 0.6 is 15.9 Å². The first kappa shape index (κ1) is 10.2. The van der Waals surface area contributed by atoms with Gasteiger partial charge in [0.1, 0.15) is 22.4 Å². The Bertz CT molecular complexity index is 289. The molecule has 0 aromatic carbocycles. The maximum absolute atomic E-state index is 5.63. The molecule has 13 heavy (non-hydrogen) atoms. The number of anilines is 2. The number of nitrogens with two attached hydrogens (primary N) is 1. The molecule has 0 fully saturated rings. The Labute approximate surface area is 86.3 Å². The van der Waals surface area contributed by atoms with E-state index in [9.17, 15) is 0 Å². The van der Waals surface area contributed by atoms with E-state index >= 15 is 0 Å². The zero-order valence-electron chi connectivity index (χ0n) is 7.79. The molecule has 0 spiro atoms. The normalized spacial score (nSPS) is 10.1. The molecular formula is C8H13BrN4. The van der Waals surface area contributed by atoms with Crippen LogP contribution in [0.4, 0.5) is 11.6 Å². The Kier molecular flexibility index (Phi) is 3.48. The lowest BCUT2D eigenvalue weighted by molar-refractivity contribution is 0.832. The van der Waals surface area contributed by atoms with E-state index in [-0.39, 0.29) is 0 Å². The monoisotopic (exact) mass is 244 g/mol. The third kappa shape index (κ3) is 2.30. The molecule has 1 rings (SSSR count). The van der Waals surface area contributed by atoms with Crippen LogP contribution in [0.2, 0.25) is 0 Å². The molecule has 4 nitrogen and oxygen atoms in total. The lowest BCUT2D eigenvalue weighted by Gasteiger charge is -2.18. The van der Waals surface area contributed by atoms with Crippen molar-refractivity contribution in [3.63, 3.8) is 0 Å². The summed E-state index contributed by atoms with van der Waals surface area (Å²) in [5.74, 6) is 1.32. The standard InChI is InChI=1S/C8H13BrN4/c1-3-4-13(2)8-6(9)7(10)11-5-12-8/h5H,3-4H2,1-2H3,(H2,10,11,12). The molecule has 0 aliphatic rings. The minimum Gasteiger partial charge on any atom is -0.383 e. The summed E-state index contributed by atoms with van der Waals surface area (Å²) in [4.78, 5) is 10.1. The Balaban J connectivity index is 2.93. The van der Waals surface area contributed by atoms with Crippen LogP contribution in [0.1, 0.15) is 13.3 Å². The van der Waals surface area contributed by atoms with E-state index in [1.807, 2.05) is 11.9 Å². The van der Waals surface area contributed by atoms with Crippen LogP contribution in [0, 0.1) is 0 Å². The van der Waals surface area contributed by atoms with Crippen molar-refractivity contribution in [3.8, 4) is 0 Å². The number of nitrogens with zero attached hydrogens (tertiary/aromatic N) is 3. The van der Waals surface area contributed by atoms with Crippen molar-refractivity contribution in [2.45, 2.75) is 13.3 Å². The molecule has 1 aromatic rings. The van der Waals surface area contributed by atoms with Crippen molar-refractivity contribution >= 4 is 27.6 Å². The third-order valence-corrected chi connectivity index (χ3v) is 2.48. The average molecular weight is 245 g/mol. The maximum Gasteiger partial charge on any atom is 0.148 e. The average Bonchev–Trinajstić information content (AvgIpc) is 2.10. The molecule has 0 amide bonds. The highest BCUT2D eigenvalue weighted by Gasteiger charge is 2.09. The quantitative estimate of drug-likeness (QED) is 0.879. The highest BCUT2D eigenvalue weighted by molar-refractivity contribution is 9.10. The van der Waals surface area contributed by atoms with Crippen LogP contribution in [-0.2, 0) is 0 Å². The van der Waals surface area contributed by atoms with Crippen LogP contribution in [-0.4, -0.2) is 23.6 Å². The zero-order chi connectivity index (χ0) is 9.84. The Morgan fingerprint density at radius 3 is 2.85 bits per heavy atom. The number of rotatable bonds is 3. The topological polar surface area (TPSA) is 55.0 Å². The van der Waals surface area contributed by atoms with Gasteiger partial charge in [-0.3, -0.25) is 0 Å². The number of halogens is 1. The molecule has 1 aromatic heterocycles. The maximum atomic E-state index is 5.63. The third-order valence-electron chi connectivity index (χ3n) is 1.72. The van der Waals surface area contributed by atoms with E-state index in [1.54, 1.807) is 0 Å². The minimum absolute atomic E-state index is 0.480. The Morgan fingerprint density at radius 2 is 2.23 bits per heavy atom. The van der Waals surface area contributed by atoms with E-state index in [4.69, 9.17) is 5.73 Å². The minimum atomic E-state index is 0.480. The van der Waals surface area contributed by atoms with E-state index in [0.717, 1.165) is 23.3 Å². The SMILES string of the molecule is CCCN(C)c1ncnc(N)c1Br. The molecule has 5 heteroatoms. The summed E-state index contributed by atoms with van der Waals surface area (Å²) >= 11 is 3.36. The van der Waals surface area contributed by atoms with Gasteiger partial charge in [-0.15, -0.1) is 0 Å². The Hall–Kier alpha value is -0.840. The van der Waals surface area contributed by atoms with Gasteiger partial charge in [0.15, 0.2) is 0 Å². The molecule has 0 unspecified atom stereocenters. The second-order valence-electron chi connectivity index (χ2n) is 2.82. The van der Waals surface area contributed by atoms with Crippen LogP contribution in [0.3, 0.4) is 0 Å². The first-order valence-electron chi connectivity index (χ1n) is 4.14. The predicted octanol–water partition coefficient (Wildman–Crippen LogP) is 1.67. The van der Waals surface area contributed by atoms with Crippen LogP contribution in [0.25, 0.3) is 0 Å². The lowest BCUT2D eigenvalue weighted by atomic mass is 10.4. The van der Waals surface area contributed by atoms with Crippen molar-refractivity contribution in [2.75, 3.05) is 24.2 Å². The zero-order valence-corrected chi connectivity index (χ0v) is 9.37. The summed E-state index contributed by atoms with van der Waals surface area (Å²) in [6.45, 7) is 3.07. The molecular weight excluding hydrogens is 232 g/mol.